The van der Waals surface area contributed by atoms with Gasteiger partial charge in [0.2, 0.25) is 0 Å². The van der Waals surface area contributed by atoms with Crippen LogP contribution in [-0.4, -0.2) is 18.2 Å². The van der Waals surface area contributed by atoms with Gasteiger partial charge in [0, 0.05) is 10.7 Å². The van der Waals surface area contributed by atoms with Crippen LogP contribution in [0.1, 0.15) is 32.6 Å². The van der Waals surface area contributed by atoms with Crippen LogP contribution >= 0.6 is 23.2 Å². The van der Waals surface area contributed by atoms with E-state index < -0.39 is 0 Å². The van der Waals surface area contributed by atoms with Crippen LogP contribution in [0.5, 0.6) is 5.75 Å². The molecule has 1 fully saturated rings. The molecule has 0 heterocycles. The zero-order valence-electron chi connectivity index (χ0n) is 11.9. The molecular formula is C15H18Cl2N2O2. The highest BCUT2D eigenvalue weighted by molar-refractivity contribution is 6.35. The second-order valence-corrected chi connectivity index (χ2v) is 5.84. The van der Waals surface area contributed by atoms with Crippen molar-refractivity contribution in [3.63, 3.8) is 0 Å². The SMILES string of the molecule is CCC1CCC/C1=N\NC(=O)COc1ccc(Cl)cc1Cl. The van der Waals surface area contributed by atoms with Gasteiger partial charge in [-0.1, -0.05) is 30.1 Å². The highest BCUT2D eigenvalue weighted by Crippen LogP contribution is 2.27. The van der Waals surface area contributed by atoms with Crippen molar-refractivity contribution in [3.8, 4) is 5.75 Å². The van der Waals surface area contributed by atoms with Gasteiger partial charge in [-0.2, -0.15) is 5.10 Å². The molecule has 0 bridgehead atoms. The first kappa shape index (κ1) is 16.1. The highest BCUT2D eigenvalue weighted by Gasteiger charge is 2.20. The van der Waals surface area contributed by atoms with Crippen LogP contribution in [0.25, 0.3) is 0 Å². The van der Waals surface area contributed by atoms with Crippen molar-refractivity contribution in [2.45, 2.75) is 32.6 Å². The topological polar surface area (TPSA) is 50.7 Å². The number of ether oxygens (including phenoxy) is 1. The summed E-state index contributed by atoms with van der Waals surface area (Å²) in [6, 6.07) is 4.86. The maximum Gasteiger partial charge on any atom is 0.277 e. The molecule has 1 saturated carbocycles. The fourth-order valence-corrected chi connectivity index (χ4v) is 2.85. The van der Waals surface area contributed by atoms with Gasteiger partial charge >= 0.3 is 0 Å². The Morgan fingerprint density at radius 3 is 3.00 bits per heavy atom. The maximum atomic E-state index is 11.7. The van der Waals surface area contributed by atoms with Gasteiger partial charge in [0.05, 0.1) is 5.02 Å². The Hall–Kier alpha value is -1.26. The largest absolute Gasteiger partial charge is 0.482 e. The molecule has 6 heteroatoms. The van der Waals surface area contributed by atoms with Crippen LogP contribution in [0.4, 0.5) is 0 Å². The van der Waals surface area contributed by atoms with E-state index in [2.05, 4.69) is 17.5 Å². The molecule has 1 atom stereocenters. The van der Waals surface area contributed by atoms with Gasteiger partial charge in [-0.25, -0.2) is 5.43 Å². The fourth-order valence-electron chi connectivity index (χ4n) is 2.39. The van der Waals surface area contributed by atoms with E-state index in [1.54, 1.807) is 18.2 Å². The first-order valence-corrected chi connectivity index (χ1v) is 7.79. The molecule has 0 saturated heterocycles. The average Bonchev–Trinajstić information content (AvgIpc) is 2.91. The van der Waals surface area contributed by atoms with E-state index in [0.29, 0.717) is 21.7 Å². The lowest BCUT2D eigenvalue weighted by Crippen LogP contribution is -2.26. The molecule has 114 valence electrons. The first-order valence-electron chi connectivity index (χ1n) is 7.03. The summed E-state index contributed by atoms with van der Waals surface area (Å²) in [7, 11) is 0. The number of carbonyl (C=O) groups is 1. The number of nitrogens with zero attached hydrogens (tertiary/aromatic N) is 1. The minimum atomic E-state index is -0.296. The van der Waals surface area contributed by atoms with Crippen LogP contribution in [0.15, 0.2) is 23.3 Å². The van der Waals surface area contributed by atoms with E-state index in [-0.39, 0.29) is 12.5 Å². The maximum absolute atomic E-state index is 11.7. The van der Waals surface area contributed by atoms with E-state index in [1.807, 2.05) is 0 Å². The third-order valence-corrected chi connectivity index (χ3v) is 4.06. The number of nitrogens with one attached hydrogen (secondary N) is 1. The molecule has 1 N–H and O–H groups in total. The predicted molar refractivity (Wildman–Crippen MR) is 85.2 cm³/mol. The van der Waals surface area contributed by atoms with E-state index >= 15 is 0 Å². The van der Waals surface area contributed by atoms with Gasteiger partial charge < -0.3 is 4.74 Å². The van der Waals surface area contributed by atoms with E-state index in [9.17, 15) is 4.79 Å². The predicted octanol–water partition coefficient (Wildman–Crippen LogP) is 4.05. The molecule has 2 rings (SSSR count). The first-order chi connectivity index (χ1) is 10.1. The van der Waals surface area contributed by atoms with Crippen molar-refractivity contribution < 1.29 is 9.53 Å². The summed E-state index contributed by atoms with van der Waals surface area (Å²) in [5, 5.41) is 5.11. The van der Waals surface area contributed by atoms with Gasteiger partial charge in [0.15, 0.2) is 6.61 Å². The highest BCUT2D eigenvalue weighted by atomic mass is 35.5. The smallest absolute Gasteiger partial charge is 0.277 e. The zero-order valence-corrected chi connectivity index (χ0v) is 13.4. The van der Waals surface area contributed by atoms with Crippen LogP contribution in [0, 0.1) is 5.92 Å². The molecular weight excluding hydrogens is 311 g/mol. The molecule has 1 aliphatic carbocycles. The summed E-state index contributed by atoms with van der Waals surface area (Å²) in [6.45, 7) is 2.01. The lowest BCUT2D eigenvalue weighted by molar-refractivity contribution is -0.123. The molecule has 1 amide bonds. The lowest BCUT2D eigenvalue weighted by atomic mass is 10.0. The van der Waals surface area contributed by atoms with Crippen LogP contribution in [0.3, 0.4) is 0 Å². The fraction of sp³-hybridized carbons (Fsp3) is 0.467. The Morgan fingerprint density at radius 2 is 2.29 bits per heavy atom. The number of halogens is 2. The molecule has 1 aliphatic rings. The number of benzene rings is 1. The van der Waals surface area contributed by atoms with E-state index in [4.69, 9.17) is 27.9 Å². The standard InChI is InChI=1S/C15H18Cl2N2O2/c1-2-10-4-3-5-13(10)18-19-15(20)9-21-14-7-6-11(16)8-12(14)17/h6-8,10H,2-5,9H2,1H3,(H,19,20)/b18-13+. The van der Waals surface area contributed by atoms with E-state index in [1.165, 1.54) is 0 Å². The van der Waals surface area contributed by atoms with Crippen molar-refractivity contribution in [1.29, 1.82) is 0 Å². The normalized spacial score (nSPS) is 19.8. The Balaban J connectivity index is 1.83. The number of carbonyl (C=O) groups excluding carboxylic acids is 1. The second-order valence-electron chi connectivity index (χ2n) is 5.00. The van der Waals surface area contributed by atoms with Gasteiger partial charge in [0.25, 0.3) is 5.91 Å². The van der Waals surface area contributed by atoms with Crippen LogP contribution < -0.4 is 10.2 Å². The van der Waals surface area contributed by atoms with Gasteiger partial charge in [-0.15, -0.1) is 0 Å². The zero-order chi connectivity index (χ0) is 15.2. The molecule has 0 spiro atoms. The van der Waals surface area contributed by atoms with Crippen molar-refractivity contribution in [2.75, 3.05) is 6.61 Å². The van der Waals surface area contributed by atoms with Crippen molar-refractivity contribution in [2.24, 2.45) is 11.0 Å². The monoisotopic (exact) mass is 328 g/mol. The lowest BCUT2D eigenvalue weighted by Gasteiger charge is -2.09. The molecule has 0 aromatic heterocycles. The van der Waals surface area contributed by atoms with Gasteiger partial charge in [0.1, 0.15) is 5.75 Å². The Bertz CT molecular complexity index is 546. The number of amides is 1. The number of hydrazone groups is 1. The van der Waals surface area contributed by atoms with Crippen LogP contribution in [0.2, 0.25) is 10.0 Å². The minimum absolute atomic E-state index is 0.130. The van der Waals surface area contributed by atoms with E-state index in [0.717, 1.165) is 31.4 Å². The third-order valence-electron chi connectivity index (χ3n) is 3.53. The average molecular weight is 329 g/mol. The third kappa shape index (κ3) is 4.61. The Kier molecular flexibility index (Phi) is 5.88. The van der Waals surface area contributed by atoms with Crippen molar-refractivity contribution in [1.82, 2.24) is 5.43 Å². The van der Waals surface area contributed by atoms with Gasteiger partial charge in [-0.05, 0) is 49.8 Å². The molecule has 4 nitrogen and oxygen atoms in total. The Labute approximate surface area is 134 Å². The summed E-state index contributed by atoms with van der Waals surface area (Å²) in [5.74, 6) is 0.628. The summed E-state index contributed by atoms with van der Waals surface area (Å²) in [6.07, 6.45) is 4.32. The minimum Gasteiger partial charge on any atom is -0.482 e. The summed E-state index contributed by atoms with van der Waals surface area (Å²) < 4.78 is 5.35. The second kappa shape index (κ2) is 7.66. The summed E-state index contributed by atoms with van der Waals surface area (Å²) >= 11 is 11.8. The molecule has 0 aliphatic heterocycles. The number of hydrogen-bond acceptors (Lipinski definition) is 3. The summed E-state index contributed by atoms with van der Waals surface area (Å²) in [5.41, 5.74) is 3.62. The quantitative estimate of drug-likeness (QED) is 0.829. The summed E-state index contributed by atoms with van der Waals surface area (Å²) in [4.78, 5) is 11.7. The molecule has 1 aromatic rings. The number of hydrogen-bond donors (Lipinski definition) is 1. The molecule has 1 aromatic carbocycles. The van der Waals surface area contributed by atoms with Gasteiger partial charge in [-0.3, -0.25) is 4.79 Å². The van der Waals surface area contributed by atoms with Crippen molar-refractivity contribution in [3.05, 3.63) is 28.2 Å². The molecule has 1 unspecified atom stereocenters. The van der Waals surface area contributed by atoms with Crippen molar-refractivity contribution >= 4 is 34.8 Å². The van der Waals surface area contributed by atoms with Crippen LogP contribution in [-0.2, 0) is 4.79 Å². The molecule has 21 heavy (non-hydrogen) atoms. The number of rotatable bonds is 5. The molecule has 0 radical (unpaired) electrons. The Morgan fingerprint density at radius 1 is 1.48 bits per heavy atom.